The number of guanidine groups is 1. The Balaban J connectivity index is 2.07. The largest absolute Gasteiger partial charge is 0.344 e. The average molecular weight is 413 g/mol. The highest BCUT2D eigenvalue weighted by Crippen LogP contribution is 2.43. The predicted molar refractivity (Wildman–Crippen MR) is 99.2 cm³/mol. The zero-order chi connectivity index (χ0) is 19.3. The van der Waals surface area contributed by atoms with E-state index in [4.69, 9.17) is 22.3 Å². The maximum Gasteiger partial charge on any atom is 0.239 e. The second kappa shape index (κ2) is 6.23. The van der Waals surface area contributed by atoms with Crippen LogP contribution in [0.2, 0.25) is 5.02 Å². The third-order valence-electron chi connectivity index (χ3n) is 4.23. The van der Waals surface area contributed by atoms with Crippen molar-refractivity contribution in [1.82, 2.24) is 9.62 Å². The quantitative estimate of drug-likeness (QED) is 0.791. The van der Waals surface area contributed by atoms with Crippen molar-refractivity contribution in [3.8, 4) is 17.2 Å². The monoisotopic (exact) mass is 412 g/mol. The molecule has 3 rings (SSSR count). The van der Waals surface area contributed by atoms with Crippen molar-refractivity contribution in [2.24, 2.45) is 0 Å². The second-order valence-electron chi connectivity index (χ2n) is 6.13. The number of hydrogen-bond donors (Lipinski definition) is 2. The average Bonchev–Trinajstić information content (AvgIpc) is 2.95. The number of rotatable bonds is 2. The SMILES string of the molecule is CN1C(=N)N[C@](C)(c2scc(-c3ccc(F)c(C#N)c3)c2Cl)CS1(=O)=O. The molecule has 0 unspecified atom stereocenters. The summed E-state index contributed by atoms with van der Waals surface area (Å²) in [7, 11) is -2.34. The zero-order valence-electron chi connectivity index (χ0n) is 13.8. The maximum absolute atomic E-state index is 13.6. The van der Waals surface area contributed by atoms with Crippen molar-refractivity contribution in [3.63, 3.8) is 0 Å². The molecular formula is C16H14ClFN4O2S2. The smallest absolute Gasteiger partial charge is 0.239 e. The molecule has 26 heavy (non-hydrogen) atoms. The van der Waals surface area contributed by atoms with Gasteiger partial charge in [-0.2, -0.15) is 5.26 Å². The van der Waals surface area contributed by atoms with Crippen molar-refractivity contribution >= 4 is 38.9 Å². The highest BCUT2D eigenvalue weighted by atomic mass is 35.5. The second-order valence-corrected chi connectivity index (χ2v) is 9.39. The Kier molecular flexibility index (Phi) is 4.46. The van der Waals surface area contributed by atoms with Gasteiger partial charge in [-0.15, -0.1) is 11.3 Å². The van der Waals surface area contributed by atoms with Gasteiger partial charge in [0.25, 0.3) is 0 Å². The summed E-state index contributed by atoms with van der Waals surface area (Å²) >= 11 is 7.76. The van der Waals surface area contributed by atoms with E-state index in [9.17, 15) is 12.8 Å². The van der Waals surface area contributed by atoms with E-state index in [-0.39, 0.29) is 17.3 Å². The van der Waals surface area contributed by atoms with Gasteiger partial charge in [0, 0.05) is 18.0 Å². The molecule has 1 saturated heterocycles. The number of sulfonamides is 1. The summed E-state index contributed by atoms with van der Waals surface area (Å²) in [6.45, 7) is 1.67. The number of nitrogens with one attached hydrogen (secondary N) is 2. The highest BCUT2D eigenvalue weighted by Gasteiger charge is 2.44. The molecule has 1 fully saturated rings. The van der Waals surface area contributed by atoms with Crippen molar-refractivity contribution in [3.05, 3.63) is 44.9 Å². The fourth-order valence-corrected chi connectivity index (χ4v) is 6.00. The third-order valence-corrected chi connectivity index (χ3v) is 7.93. The maximum atomic E-state index is 13.6. The molecule has 6 nitrogen and oxygen atoms in total. The lowest BCUT2D eigenvalue weighted by Crippen LogP contribution is -2.60. The Morgan fingerprint density at radius 2 is 2.19 bits per heavy atom. The fourth-order valence-electron chi connectivity index (χ4n) is 2.79. The third kappa shape index (κ3) is 2.94. The van der Waals surface area contributed by atoms with E-state index in [1.54, 1.807) is 18.4 Å². The van der Waals surface area contributed by atoms with E-state index < -0.39 is 21.4 Å². The van der Waals surface area contributed by atoms with Gasteiger partial charge in [-0.3, -0.25) is 5.41 Å². The molecule has 2 heterocycles. The number of nitrogens with zero attached hydrogens (tertiary/aromatic N) is 2. The van der Waals surface area contributed by atoms with Crippen molar-refractivity contribution in [1.29, 1.82) is 10.7 Å². The highest BCUT2D eigenvalue weighted by molar-refractivity contribution is 7.89. The van der Waals surface area contributed by atoms with Gasteiger partial charge < -0.3 is 5.32 Å². The first-order valence-corrected chi connectivity index (χ1v) is 10.3. The standard InChI is InChI=1S/C16H14ClFN4O2S2/c1-16(8-26(23,24)22(2)15(20)21-16)14-13(17)11(7-25-14)9-3-4-12(18)10(5-9)6-19/h3-5,7H,8H2,1-2H3,(H2,20,21)/t16-/m0/s1. The van der Waals surface area contributed by atoms with Crippen LogP contribution < -0.4 is 5.32 Å². The van der Waals surface area contributed by atoms with Gasteiger partial charge in [0.05, 0.1) is 26.8 Å². The van der Waals surface area contributed by atoms with E-state index in [2.05, 4.69) is 5.32 Å². The number of nitriles is 1. The summed E-state index contributed by atoms with van der Waals surface area (Å²) in [6, 6.07) is 5.89. The first-order chi connectivity index (χ1) is 12.1. The predicted octanol–water partition coefficient (Wildman–Crippen LogP) is 3.09. The van der Waals surface area contributed by atoms with Gasteiger partial charge in [0.15, 0.2) is 0 Å². The summed E-state index contributed by atoms with van der Waals surface area (Å²) in [5.41, 5.74) is -0.0289. The molecule has 0 aliphatic carbocycles. The first kappa shape index (κ1) is 18.6. The Morgan fingerprint density at radius 3 is 2.81 bits per heavy atom. The van der Waals surface area contributed by atoms with Crippen LogP contribution in [-0.2, 0) is 15.6 Å². The number of hydrogen-bond acceptors (Lipinski definition) is 5. The number of benzene rings is 1. The molecule has 0 spiro atoms. The summed E-state index contributed by atoms with van der Waals surface area (Å²) in [6.07, 6.45) is 0. The van der Waals surface area contributed by atoms with E-state index >= 15 is 0 Å². The van der Waals surface area contributed by atoms with Crippen LogP contribution in [0.1, 0.15) is 17.4 Å². The van der Waals surface area contributed by atoms with Crippen LogP contribution in [0, 0.1) is 22.6 Å². The van der Waals surface area contributed by atoms with Gasteiger partial charge in [-0.1, -0.05) is 17.7 Å². The molecule has 1 aromatic heterocycles. The van der Waals surface area contributed by atoms with Crippen LogP contribution in [0.3, 0.4) is 0 Å². The Hall–Kier alpha value is -2.15. The number of thiophene rings is 1. The van der Waals surface area contributed by atoms with Gasteiger partial charge in [0.2, 0.25) is 16.0 Å². The fraction of sp³-hybridized carbons (Fsp3) is 0.250. The lowest BCUT2D eigenvalue weighted by atomic mass is 9.99. The van der Waals surface area contributed by atoms with Crippen LogP contribution in [0.5, 0.6) is 0 Å². The lowest BCUT2D eigenvalue weighted by molar-refractivity contribution is 0.424. The van der Waals surface area contributed by atoms with Gasteiger partial charge in [0.1, 0.15) is 11.9 Å². The van der Waals surface area contributed by atoms with Gasteiger partial charge in [-0.05, 0) is 24.6 Å². The van der Waals surface area contributed by atoms with Crippen LogP contribution >= 0.6 is 22.9 Å². The van der Waals surface area contributed by atoms with Crippen molar-refractivity contribution in [2.75, 3.05) is 12.8 Å². The summed E-state index contributed by atoms with van der Waals surface area (Å²) < 4.78 is 39.1. The molecule has 136 valence electrons. The van der Waals surface area contributed by atoms with Crippen LogP contribution in [0.15, 0.2) is 23.6 Å². The molecule has 1 aliphatic heterocycles. The topological polar surface area (TPSA) is 97.1 Å². The molecule has 0 bridgehead atoms. The molecule has 2 N–H and O–H groups in total. The van der Waals surface area contributed by atoms with Crippen LogP contribution in [-0.4, -0.2) is 31.5 Å². The molecule has 0 saturated carbocycles. The molecule has 0 amide bonds. The minimum absolute atomic E-state index is 0.0979. The van der Waals surface area contributed by atoms with E-state index in [0.717, 1.165) is 4.31 Å². The molecular weight excluding hydrogens is 399 g/mol. The molecule has 1 aromatic carbocycles. The van der Waals surface area contributed by atoms with Crippen molar-refractivity contribution in [2.45, 2.75) is 12.5 Å². The lowest BCUT2D eigenvalue weighted by Gasteiger charge is -2.39. The molecule has 10 heteroatoms. The van der Waals surface area contributed by atoms with Crippen molar-refractivity contribution < 1.29 is 12.8 Å². The number of halogens is 2. The minimum Gasteiger partial charge on any atom is -0.344 e. The van der Waals surface area contributed by atoms with E-state index in [1.165, 1.54) is 36.6 Å². The Labute approximate surface area is 159 Å². The van der Waals surface area contributed by atoms with Crippen LogP contribution in [0.25, 0.3) is 11.1 Å². The minimum atomic E-state index is -3.65. The van der Waals surface area contributed by atoms with Gasteiger partial charge >= 0.3 is 0 Å². The molecule has 2 aromatic rings. The summed E-state index contributed by atoms with van der Waals surface area (Å²) in [5.74, 6) is -1.12. The first-order valence-electron chi connectivity index (χ1n) is 7.40. The molecule has 0 radical (unpaired) electrons. The molecule has 1 atom stereocenters. The van der Waals surface area contributed by atoms with Crippen LogP contribution in [0.4, 0.5) is 4.39 Å². The Morgan fingerprint density at radius 1 is 1.50 bits per heavy atom. The zero-order valence-corrected chi connectivity index (χ0v) is 16.2. The van der Waals surface area contributed by atoms with Gasteiger partial charge in [-0.25, -0.2) is 17.1 Å². The normalized spacial score (nSPS) is 22.0. The van der Waals surface area contributed by atoms with E-state index in [0.29, 0.717) is 21.0 Å². The Bertz CT molecular complexity index is 1060. The van der Waals surface area contributed by atoms with E-state index in [1.807, 2.05) is 0 Å². The summed E-state index contributed by atoms with van der Waals surface area (Å²) in [5, 5.41) is 21.8. The molecule has 1 aliphatic rings. The summed E-state index contributed by atoms with van der Waals surface area (Å²) in [4.78, 5) is 0.554.